The molecule has 0 unspecified atom stereocenters. The number of aryl methyl sites for hydroxylation is 1. The number of halogens is 2. The number of H-pyrrole nitrogens is 1. The van der Waals surface area contributed by atoms with Gasteiger partial charge in [-0.3, -0.25) is 9.82 Å². The summed E-state index contributed by atoms with van der Waals surface area (Å²) in [7, 11) is -2.34. The second-order valence-electron chi connectivity index (χ2n) is 4.36. The first kappa shape index (κ1) is 15.7. The van der Waals surface area contributed by atoms with Crippen LogP contribution in [-0.4, -0.2) is 25.7 Å². The van der Waals surface area contributed by atoms with Crippen LogP contribution in [0.15, 0.2) is 23.1 Å². The van der Waals surface area contributed by atoms with Gasteiger partial charge in [0.15, 0.2) is 0 Å². The fraction of sp³-hybridized carbons (Fsp3) is 0.250. The summed E-state index contributed by atoms with van der Waals surface area (Å²) >= 11 is 5.83. The number of aromatic nitrogens is 2. The zero-order valence-electron chi connectivity index (χ0n) is 11.4. The summed E-state index contributed by atoms with van der Waals surface area (Å²) in [5, 5.41) is 9.34. The number of benzene rings is 1. The van der Waals surface area contributed by atoms with Crippen LogP contribution < -0.4 is 10.0 Å². The number of hydrogen-bond acceptors (Lipinski definition) is 4. The van der Waals surface area contributed by atoms with Gasteiger partial charge in [-0.25, -0.2) is 12.8 Å². The van der Waals surface area contributed by atoms with Gasteiger partial charge in [0, 0.05) is 6.54 Å². The lowest BCUT2D eigenvalue weighted by Gasteiger charge is -2.11. The van der Waals surface area contributed by atoms with E-state index in [1.165, 1.54) is 12.1 Å². The van der Waals surface area contributed by atoms with Crippen molar-refractivity contribution in [1.29, 1.82) is 0 Å². The van der Waals surface area contributed by atoms with Gasteiger partial charge in [-0.1, -0.05) is 17.7 Å². The van der Waals surface area contributed by atoms with Gasteiger partial charge in [0.25, 0.3) is 10.0 Å². The summed E-state index contributed by atoms with van der Waals surface area (Å²) in [5.74, 6) is -0.748. The molecule has 0 radical (unpaired) electrons. The van der Waals surface area contributed by atoms with E-state index in [-0.39, 0.29) is 22.2 Å². The van der Waals surface area contributed by atoms with Crippen LogP contribution in [0.5, 0.6) is 0 Å². The van der Waals surface area contributed by atoms with Crippen LogP contribution >= 0.6 is 11.6 Å². The molecule has 2 rings (SSSR count). The number of rotatable bonds is 5. The first-order chi connectivity index (χ1) is 9.86. The van der Waals surface area contributed by atoms with Crippen molar-refractivity contribution in [3.8, 4) is 0 Å². The molecule has 3 N–H and O–H groups in total. The Morgan fingerprint density at radius 2 is 2.14 bits per heavy atom. The minimum atomic E-state index is -4.01. The van der Waals surface area contributed by atoms with E-state index in [0.29, 0.717) is 11.4 Å². The van der Waals surface area contributed by atoms with Crippen molar-refractivity contribution in [2.24, 2.45) is 0 Å². The first-order valence-corrected chi connectivity index (χ1v) is 7.88. The molecule has 0 amide bonds. The first-order valence-electron chi connectivity index (χ1n) is 6.02. The molecule has 114 valence electrons. The van der Waals surface area contributed by atoms with Gasteiger partial charge in [-0.05, 0) is 26.1 Å². The van der Waals surface area contributed by atoms with Crippen molar-refractivity contribution >= 4 is 27.3 Å². The molecule has 0 aliphatic rings. The number of nitrogens with one attached hydrogen (secondary N) is 3. The van der Waals surface area contributed by atoms with Gasteiger partial charge in [-0.15, -0.1) is 0 Å². The van der Waals surface area contributed by atoms with E-state index in [0.717, 1.165) is 6.07 Å². The topological polar surface area (TPSA) is 86.9 Å². The quantitative estimate of drug-likeness (QED) is 0.782. The van der Waals surface area contributed by atoms with Crippen molar-refractivity contribution in [2.45, 2.75) is 18.4 Å². The Balaban J connectivity index is 2.46. The number of nitrogens with zero attached hydrogens (tertiary/aromatic N) is 1. The van der Waals surface area contributed by atoms with Crippen LogP contribution in [-0.2, 0) is 16.6 Å². The maximum atomic E-state index is 13.7. The van der Waals surface area contributed by atoms with Crippen molar-refractivity contribution in [3.05, 3.63) is 40.4 Å². The molecule has 9 heteroatoms. The molecule has 1 aromatic carbocycles. The monoisotopic (exact) mass is 332 g/mol. The Kier molecular flexibility index (Phi) is 4.50. The number of para-hydroxylation sites is 1. The molecule has 6 nitrogen and oxygen atoms in total. The van der Waals surface area contributed by atoms with Crippen LogP contribution in [0.4, 0.5) is 10.1 Å². The Hall–Kier alpha value is -1.64. The molecule has 0 fully saturated rings. The molecule has 0 aliphatic heterocycles. The SMILES string of the molecule is CNCc1n[nH]c(C)c1S(=O)(=O)Nc1c(F)cccc1Cl. The van der Waals surface area contributed by atoms with Gasteiger partial charge < -0.3 is 5.32 Å². The molecule has 1 heterocycles. The molecule has 0 bridgehead atoms. The molecular formula is C12H14ClFN4O2S. The van der Waals surface area contributed by atoms with Gasteiger partial charge >= 0.3 is 0 Å². The van der Waals surface area contributed by atoms with Crippen LogP contribution in [0.1, 0.15) is 11.4 Å². The van der Waals surface area contributed by atoms with Crippen molar-refractivity contribution in [2.75, 3.05) is 11.8 Å². The Labute approximate surface area is 126 Å². The Bertz CT molecular complexity index is 740. The summed E-state index contributed by atoms with van der Waals surface area (Å²) in [6.45, 7) is 1.83. The standard InChI is InChI=1S/C12H14ClFN4O2S/c1-7-12(10(6-15-2)17-16-7)21(19,20)18-11-8(13)4-3-5-9(11)14/h3-5,15,18H,6H2,1-2H3,(H,16,17). The van der Waals surface area contributed by atoms with Gasteiger partial charge in [0.1, 0.15) is 16.4 Å². The maximum Gasteiger partial charge on any atom is 0.265 e. The van der Waals surface area contributed by atoms with E-state index in [4.69, 9.17) is 11.6 Å². The minimum absolute atomic E-state index is 0.0174. The van der Waals surface area contributed by atoms with E-state index < -0.39 is 15.8 Å². The lowest BCUT2D eigenvalue weighted by atomic mass is 10.3. The smallest absolute Gasteiger partial charge is 0.265 e. The number of aromatic amines is 1. The number of sulfonamides is 1. The minimum Gasteiger partial charge on any atom is -0.314 e. The highest BCUT2D eigenvalue weighted by Gasteiger charge is 2.25. The molecule has 0 saturated heterocycles. The van der Waals surface area contributed by atoms with Gasteiger partial charge in [0.05, 0.1) is 16.4 Å². The van der Waals surface area contributed by atoms with E-state index in [1.54, 1.807) is 14.0 Å². The highest BCUT2D eigenvalue weighted by molar-refractivity contribution is 7.92. The average Bonchev–Trinajstić information content (AvgIpc) is 2.77. The van der Waals surface area contributed by atoms with E-state index in [2.05, 4.69) is 20.2 Å². The lowest BCUT2D eigenvalue weighted by Crippen LogP contribution is -2.18. The molecule has 21 heavy (non-hydrogen) atoms. The number of hydrogen-bond donors (Lipinski definition) is 3. The molecule has 2 aromatic rings. The Morgan fingerprint density at radius 3 is 2.76 bits per heavy atom. The predicted molar refractivity (Wildman–Crippen MR) is 78.3 cm³/mol. The maximum absolute atomic E-state index is 13.7. The third-order valence-corrected chi connectivity index (χ3v) is 4.64. The van der Waals surface area contributed by atoms with Crippen LogP contribution in [0.25, 0.3) is 0 Å². The second-order valence-corrected chi connectivity index (χ2v) is 6.38. The summed E-state index contributed by atoms with van der Waals surface area (Å²) in [4.78, 5) is -0.0174. The van der Waals surface area contributed by atoms with Gasteiger partial charge in [0.2, 0.25) is 0 Å². The zero-order chi connectivity index (χ0) is 15.6. The molecule has 0 saturated carbocycles. The summed E-state index contributed by atoms with van der Waals surface area (Å²) < 4.78 is 40.8. The largest absolute Gasteiger partial charge is 0.314 e. The summed E-state index contributed by atoms with van der Waals surface area (Å²) in [5.41, 5.74) is 0.394. The van der Waals surface area contributed by atoms with E-state index >= 15 is 0 Å². The third-order valence-electron chi connectivity index (χ3n) is 2.77. The van der Waals surface area contributed by atoms with Crippen molar-refractivity contribution < 1.29 is 12.8 Å². The summed E-state index contributed by atoms with van der Waals surface area (Å²) in [6.07, 6.45) is 0. The zero-order valence-corrected chi connectivity index (χ0v) is 12.9. The molecular weight excluding hydrogens is 319 g/mol. The van der Waals surface area contributed by atoms with E-state index in [1.807, 2.05) is 0 Å². The molecule has 0 spiro atoms. The third kappa shape index (κ3) is 3.17. The van der Waals surface area contributed by atoms with Crippen LogP contribution in [0.3, 0.4) is 0 Å². The average molecular weight is 333 g/mol. The fourth-order valence-corrected chi connectivity index (χ4v) is 3.62. The normalized spacial score (nSPS) is 11.6. The molecule has 0 atom stereocenters. The van der Waals surface area contributed by atoms with Gasteiger partial charge in [-0.2, -0.15) is 5.10 Å². The van der Waals surface area contributed by atoms with Crippen molar-refractivity contribution in [1.82, 2.24) is 15.5 Å². The van der Waals surface area contributed by atoms with E-state index in [9.17, 15) is 12.8 Å². The fourth-order valence-electron chi connectivity index (χ4n) is 1.89. The second kappa shape index (κ2) is 6.00. The Morgan fingerprint density at radius 1 is 1.43 bits per heavy atom. The predicted octanol–water partition coefficient (Wildman–Crippen LogP) is 2.03. The van der Waals surface area contributed by atoms with Crippen LogP contribution in [0, 0.1) is 12.7 Å². The molecule has 1 aromatic heterocycles. The number of anilines is 1. The molecule has 0 aliphatic carbocycles. The summed E-state index contributed by atoms with van der Waals surface area (Å²) in [6, 6.07) is 3.92. The van der Waals surface area contributed by atoms with Crippen LogP contribution in [0.2, 0.25) is 5.02 Å². The highest BCUT2D eigenvalue weighted by Crippen LogP contribution is 2.28. The van der Waals surface area contributed by atoms with Crippen molar-refractivity contribution in [3.63, 3.8) is 0 Å². The lowest BCUT2D eigenvalue weighted by molar-refractivity contribution is 0.596. The highest BCUT2D eigenvalue weighted by atomic mass is 35.5.